The SMILES string of the molecule is CC(O)(Cc1cc(F)ccc1[N+](=O)[O-])C(=O)O. The number of rotatable bonds is 4. The summed E-state index contributed by atoms with van der Waals surface area (Å²) >= 11 is 0. The van der Waals surface area contributed by atoms with Gasteiger partial charge in [-0.3, -0.25) is 10.1 Å². The molecule has 0 aromatic heterocycles. The molecule has 1 aromatic rings. The maximum Gasteiger partial charge on any atom is 0.335 e. The van der Waals surface area contributed by atoms with Crippen LogP contribution >= 0.6 is 0 Å². The van der Waals surface area contributed by atoms with Crippen LogP contribution in [0.3, 0.4) is 0 Å². The smallest absolute Gasteiger partial charge is 0.335 e. The largest absolute Gasteiger partial charge is 0.479 e. The third-order valence-corrected chi connectivity index (χ3v) is 2.23. The third-order valence-electron chi connectivity index (χ3n) is 2.23. The van der Waals surface area contributed by atoms with E-state index in [2.05, 4.69) is 0 Å². The summed E-state index contributed by atoms with van der Waals surface area (Å²) in [7, 11) is 0. The number of nitro benzene ring substituents is 1. The molecule has 1 aromatic carbocycles. The van der Waals surface area contributed by atoms with Crippen molar-refractivity contribution in [3.63, 3.8) is 0 Å². The van der Waals surface area contributed by atoms with Crippen molar-refractivity contribution < 1.29 is 24.3 Å². The van der Waals surface area contributed by atoms with E-state index in [1.54, 1.807) is 0 Å². The predicted octanol–water partition coefficient (Wildman–Crippen LogP) is 1.11. The number of hydrogen-bond acceptors (Lipinski definition) is 4. The van der Waals surface area contributed by atoms with Crippen molar-refractivity contribution in [3.05, 3.63) is 39.7 Å². The molecule has 92 valence electrons. The number of aliphatic carboxylic acids is 1. The van der Waals surface area contributed by atoms with Gasteiger partial charge in [-0.1, -0.05) is 0 Å². The van der Waals surface area contributed by atoms with Gasteiger partial charge < -0.3 is 10.2 Å². The summed E-state index contributed by atoms with van der Waals surface area (Å²) in [5.41, 5.74) is -2.77. The Balaban J connectivity index is 3.17. The van der Waals surface area contributed by atoms with E-state index in [-0.39, 0.29) is 5.56 Å². The molecular weight excluding hydrogens is 233 g/mol. The zero-order valence-corrected chi connectivity index (χ0v) is 8.88. The first-order valence-corrected chi connectivity index (χ1v) is 4.62. The van der Waals surface area contributed by atoms with Gasteiger partial charge in [0.2, 0.25) is 0 Å². The molecule has 6 nitrogen and oxygen atoms in total. The lowest BCUT2D eigenvalue weighted by Crippen LogP contribution is -2.37. The summed E-state index contributed by atoms with van der Waals surface area (Å²) in [6.07, 6.45) is -0.545. The maximum absolute atomic E-state index is 12.9. The second-order valence-electron chi connectivity index (χ2n) is 3.79. The van der Waals surface area contributed by atoms with Crippen LogP contribution in [0, 0.1) is 15.9 Å². The second kappa shape index (κ2) is 4.46. The van der Waals surface area contributed by atoms with Crippen molar-refractivity contribution in [1.29, 1.82) is 0 Å². The first-order valence-electron chi connectivity index (χ1n) is 4.62. The van der Waals surface area contributed by atoms with Gasteiger partial charge >= 0.3 is 5.97 Å². The van der Waals surface area contributed by atoms with Crippen LogP contribution in [0.1, 0.15) is 12.5 Å². The highest BCUT2D eigenvalue weighted by Gasteiger charge is 2.33. The number of aliphatic hydroxyl groups is 1. The van der Waals surface area contributed by atoms with E-state index in [1.807, 2.05) is 0 Å². The Morgan fingerprint density at radius 3 is 2.65 bits per heavy atom. The molecule has 2 N–H and O–H groups in total. The summed E-state index contributed by atoms with van der Waals surface area (Å²) in [6.45, 7) is 0.990. The Bertz CT molecular complexity index is 472. The molecule has 1 atom stereocenters. The molecule has 0 saturated carbocycles. The second-order valence-corrected chi connectivity index (χ2v) is 3.79. The number of nitro groups is 1. The number of carboxylic acids is 1. The van der Waals surface area contributed by atoms with Crippen molar-refractivity contribution in [3.8, 4) is 0 Å². The molecule has 0 spiro atoms. The number of benzene rings is 1. The average molecular weight is 243 g/mol. The van der Waals surface area contributed by atoms with Gasteiger partial charge in [-0.05, 0) is 19.1 Å². The van der Waals surface area contributed by atoms with Crippen molar-refractivity contribution in [2.45, 2.75) is 18.9 Å². The van der Waals surface area contributed by atoms with Gasteiger partial charge in [-0.25, -0.2) is 9.18 Å². The van der Waals surface area contributed by atoms with Gasteiger partial charge in [0.05, 0.1) is 4.92 Å². The number of nitrogens with zero attached hydrogens (tertiary/aromatic N) is 1. The molecule has 1 unspecified atom stereocenters. The molecule has 0 bridgehead atoms. The Morgan fingerprint density at radius 2 is 2.18 bits per heavy atom. The van der Waals surface area contributed by atoms with Gasteiger partial charge in [-0.15, -0.1) is 0 Å². The number of hydrogen-bond donors (Lipinski definition) is 2. The number of carbonyl (C=O) groups is 1. The molecule has 0 aliphatic rings. The van der Waals surface area contributed by atoms with Gasteiger partial charge in [-0.2, -0.15) is 0 Å². The monoisotopic (exact) mass is 243 g/mol. The summed E-state index contributed by atoms with van der Waals surface area (Å²) in [4.78, 5) is 20.6. The molecule has 0 saturated heterocycles. The highest BCUT2D eigenvalue weighted by Crippen LogP contribution is 2.24. The van der Waals surface area contributed by atoms with Crippen LogP contribution < -0.4 is 0 Å². The molecular formula is C10H10FNO5. The van der Waals surface area contributed by atoms with Crippen LogP contribution in [0.2, 0.25) is 0 Å². The minimum atomic E-state index is -2.18. The van der Waals surface area contributed by atoms with Crippen molar-refractivity contribution in [2.75, 3.05) is 0 Å². The van der Waals surface area contributed by atoms with Gasteiger partial charge in [0, 0.05) is 18.1 Å². The molecule has 0 aliphatic carbocycles. The maximum atomic E-state index is 12.9. The van der Waals surface area contributed by atoms with E-state index < -0.39 is 34.4 Å². The molecule has 0 radical (unpaired) electrons. The Hall–Kier alpha value is -2.02. The van der Waals surface area contributed by atoms with E-state index in [9.17, 15) is 24.4 Å². The molecule has 1 rings (SSSR count). The first-order chi connectivity index (χ1) is 7.74. The van der Waals surface area contributed by atoms with Crippen LogP contribution in [0.4, 0.5) is 10.1 Å². The highest BCUT2D eigenvalue weighted by molar-refractivity contribution is 5.77. The molecule has 0 aliphatic heterocycles. The molecule has 0 heterocycles. The molecule has 0 fully saturated rings. The van der Waals surface area contributed by atoms with Gasteiger partial charge in [0.15, 0.2) is 5.60 Å². The van der Waals surface area contributed by atoms with E-state index in [0.29, 0.717) is 0 Å². The molecule has 7 heteroatoms. The lowest BCUT2D eigenvalue weighted by atomic mass is 9.95. The lowest BCUT2D eigenvalue weighted by molar-refractivity contribution is -0.385. The number of carboxylic acid groups (broad SMARTS) is 1. The van der Waals surface area contributed by atoms with Crippen LogP contribution in [0.5, 0.6) is 0 Å². The number of halogens is 1. The van der Waals surface area contributed by atoms with Gasteiger partial charge in [0.1, 0.15) is 5.82 Å². The predicted molar refractivity (Wildman–Crippen MR) is 55.0 cm³/mol. The highest BCUT2D eigenvalue weighted by atomic mass is 19.1. The van der Waals surface area contributed by atoms with Crippen LogP contribution in [0.25, 0.3) is 0 Å². The van der Waals surface area contributed by atoms with Crippen LogP contribution in [0.15, 0.2) is 18.2 Å². The zero-order chi connectivity index (χ0) is 13.2. The van der Waals surface area contributed by atoms with E-state index in [4.69, 9.17) is 5.11 Å². The first kappa shape index (κ1) is 13.0. The van der Waals surface area contributed by atoms with Crippen LogP contribution in [-0.4, -0.2) is 26.7 Å². The Kier molecular flexibility index (Phi) is 3.42. The Labute approximate surface area is 95.5 Å². The van der Waals surface area contributed by atoms with E-state index in [1.165, 1.54) is 0 Å². The fourth-order valence-corrected chi connectivity index (χ4v) is 1.32. The van der Waals surface area contributed by atoms with Crippen molar-refractivity contribution in [1.82, 2.24) is 0 Å². The molecule has 17 heavy (non-hydrogen) atoms. The summed E-state index contributed by atoms with van der Waals surface area (Å²) in [5.74, 6) is -2.26. The summed E-state index contributed by atoms with van der Waals surface area (Å²) in [5, 5.41) is 28.8. The van der Waals surface area contributed by atoms with Crippen molar-refractivity contribution in [2.24, 2.45) is 0 Å². The fourth-order valence-electron chi connectivity index (χ4n) is 1.32. The summed E-state index contributed by atoms with van der Waals surface area (Å²) < 4.78 is 12.9. The lowest BCUT2D eigenvalue weighted by Gasteiger charge is -2.17. The average Bonchev–Trinajstić information content (AvgIpc) is 2.15. The standard InChI is InChI=1S/C10H10FNO5/c1-10(15,9(13)14)5-6-4-7(11)2-3-8(6)12(16)17/h2-4,15H,5H2,1H3,(H,13,14). The fraction of sp³-hybridized carbons (Fsp3) is 0.300. The van der Waals surface area contributed by atoms with Crippen molar-refractivity contribution >= 4 is 11.7 Å². The molecule has 0 amide bonds. The third kappa shape index (κ3) is 2.97. The van der Waals surface area contributed by atoms with Crippen LogP contribution in [-0.2, 0) is 11.2 Å². The zero-order valence-electron chi connectivity index (χ0n) is 8.88. The normalized spacial score (nSPS) is 14.1. The Morgan fingerprint density at radius 1 is 1.59 bits per heavy atom. The summed E-state index contributed by atoms with van der Waals surface area (Å²) in [6, 6.07) is 2.68. The topological polar surface area (TPSA) is 101 Å². The van der Waals surface area contributed by atoms with E-state index in [0.717, 1.165) is 25.1 Å². The minimum Gasteiger partial charge on any atom is -0.479 e. The van der Waals surface area contributed by atoms with Gasteiger partial charge in [0.25, 0.3) is 5.69 Å². The van der Waals surface area contributed by atoms with E-state index >= 15 is 0 Å². The minimum absolute atomic E-state index is 0.164. The quantitative estimate of drug-likeness (QED) is 0.609.